The molecule has 1 aromatic rings. The molecule has 86 valence electrons. The number of hydrogen-bond donors (Lipinski definition) is 1. The summed E-state index contributed by atoms with van der Waals surface area (Å²) in [6.07, 6.45) is 1.69. The standard InChI is InChI=1S/C13H16O3/c1-4-12(14)13(5-2)16-11-8-6-10(15-3)7-9-11/h4-9,12-14H,1-2H2,3H3/t12-,13-/m0/s1. The quantitative estimate of drug-likeness (QED) is 0.747. The Bertz CT molecular complexity index is 343. The van der Waals surface area contributed by atoms with Gasteiger partial charge < -0.3 is 14.6 Å². The number of aliphatic hydroxyl groups excluding tert-OH is 1. The number of hydrogen-bond acceptors (Lipinski definition) is 3. The maximum atomic E-state index is 9.54. The molecule has 0 saturated heterocycles. The summed E-state index contributed by atoms with van der Waals surface area (Å²) in [4.78, 5) is 0. The molecule has 0 aromatic heterocycles. The van der Waals surface area contributed by atoms with Crippen molar-refractivity contribution in [3.8, 4) is 11.5 Å². The van der Waals surface area contributed by atoms with Crippen molar-refractivity contribution in [3.63, 3.8) is 0 Å². The lowest BCUT2D eigenvalue weighted by Gasteiger charge is -2.18. The van der Waals surface area contributed by atoms with Crippen molar-refractivity contribution in [1.29, 1.82) is 0 Å². The molecule has 0 aliphatic heterocycles. The average Bonchev–Trinajstić information content (AvgIpc) is 2.35. The van der Waals surface area contributed by atoms with Crippen molar-refractivity contribution in [2.45, 2.75) is 12.2 Å². The fourth-order valence-corrected chi connectivity index (χ4v) is 1.20. The Morgan fingerprint density at radius 2 is 1.69 bits per heavy atom. The van der Waals surface area contributed by atoms with Gasteiger partial charge in [-0.2, -0.15) is 0 Å². The van der Waals surface area contributed by atoms with Gasteiger partial charge in [0.1, 0.15) is 23.7 Å². The minimum absolute atomic E-state index is 0.495. The van der Waals surface area contributed by atoms with E-state index >= 15 is 0 Å². The topological polar surface area (TPSA) is 38.7 Å². The molecule has 3 nitrogen and oxygen atoms in total. The van der Waals surface area contributed by atoms with Crippen LogP contribution in [-0.2, 0) is 0 Å². The Kier molecular flexibility index (Phi) is 4.61. The van der Waals surface area contributed by atoms with Gasteiger partial charge in [0.05, 0.1) is 7.11 Å². The Morgan fingerprint density at radius 3 is 2.12 bits per heavy atom. The van der Waals surface area contributed by atoms with E-state index in [-0.39, 0.29) is 0 Å². The predicted molar refractivity (Wildman–Crippen MR) is 63.8 cm³/mol. The molecule has 0 bridgehead atoms. The predicted octanol–water partition coefficient (Wildman–Crippen LogP) is 2.18. The van der Waals surface area contributed by atoms with Gasteiger partial charge in [-0.25, -0.2) is 0 Å². The summed E-state index contributed by atoms with van der Waals surface area (Å²) < 4.78 is 10.5. The van der Waals surface area contributed by atoms with Gasteiger partial charge in [-0.05, 0) is 30.3 Å². The molecule has 2 atom stereocenters. The molecule has 0 heterocycles. The molecule has 0 saturated carbocycles. The molecule has 0 spiro atoms. The van der Waals surface area contributed by atoms with E-state index in [1.807, 2.05) is 0 Å². The third-order valence-electron chi connectivity index (χ3n) is 2.14. The van der Waals surface area contributed by atoms with Gasteiger partial charge in [0.2, 0.25) is 0 Å². The van der Waals surface area contributed by atoms with Crippen LogP contribution >= 0.6 is 0 Å². The van der Waals surface area contributed by atoms with Crippen LogP contribution in [0.1, 0.15) is 0 Å². The highest BCUT2D eigenvalue weighted by Crippen LogP contribution is 2.19. The monoisotopic (exact) mass is 220 g/mol. The van der Waals surface area contributed by atoms with E-state index in [4.69, 9.17) is 9.47 Å². The molecule has 1 rings (SSSR count). The van der Waals surface area contributed by atoms with E-state index in [1.165, 1.54) is 12.2 Å². The Morgan fingerprint density at radius 1 is 1.12 bits per heavy atom. The van der Waals surface area contributed by atoms with E-state index in [0.717, 1.165) is 5.75 Å². The van der Waals surface area contributed by atoms with Crippen LogP contribution in [0.15, 0.2) is 49.6 Å². The zero-order valence-electron chi connectivity index (χ0n) is 9.30. The summed E-state index contributed by atoms with van der Waals surface area (Å²) in [5, 5.41) is 9.54. The van der Waals surface area contributed by atoms with Gasteiger partial charge in [0, 0.05) is 0 Å². The van der Waals surface area contributed by atoms with Gasteiger partial charge in [-0.3, -0.25) is 0 Å². The first-order valence-electron chi connectivity index (χ1n) is 4.95. The van der Waals surface area contributed by atoms with Gasteiger partial charge in [-0.1, -0.05) is 12.7 Å². The summed E-state index contributed by atoms with van der Waals surface area (Å²) in [5.74, 6) is 1.40. The lowest BCUT2D eigenvalue weighted by Crippen LogP contribution is -2.27. The van der Waals surface area contributed by atoms with E-state index in [9.17, 15) is 5.11 Å². The van der Waals surface area contributed by atoms with Crippen molar-refractivity contribution in [2.75, 3.05) is 7.11 Å². The smallest absolute Gasteiger partial charge is 0.146 e. The lowest BCUT2D eigenvalue weighted by atomic mass is 10.2. The SMILES string of the molecule is C=C[C@H](Oc1ccc(OC)cc1)[C@@H](O)C=C. The Hall–Kier alpha value is -1.74. The van der Waals surface area contributed by atoms with Gasteiger partial charge in [0.25, 0.3) is 0 Å². The molecule has 0 aliphatic rings. The van der Waals surface area contributed by atoms with Crippen LogP contribution in [-0.4, -0.2) is 24.4 Å². The molecule has 0 amide bonds. The summed E-state index contributed by atoms with van der Waals surface area (Å²) in [7, 11) is 1.60. The van der Waals surface area contributed by atoms with E-state index in [2.05, 4.69) is 13.2 Å². The molecule has 0 radical (unpaired) electrons. The number of aliphatic hydroxyl groups is 1. The summed E-state index contributed by atoms with van der Waals surface area (Å²) >= 11 is 0. The van der Waals surface area contributed by atoms with Crippen LogP contribution in [0.2, 0.25) is 0 Å². The minimum atomic E-state index is -0.764. The maximum absolute atomic E-state index is 9.54. The van der Waals surface area contributed by atoms with Gasteiger partial charge in [0.15, 0.2) is 0 Å². The largest absolute Gasteiger partial charge is 0.497 e. The summed E-state index contributed by atoms with van der Waals surface area (Å²) in [6, 6.07) is 7.11. The van der Waals surface area contributed by atoms with E-state index < -0.39 is 12.2 Å². The molecule has 1 N–H and O–H groups in total. The molecule has 3 heteroatoms. The van der Waals surface area contributed by atoms with Crippen molar-refractivity contribution in [1.82, 2.24) is 0 Å². The van der Waals surface area contributed by atoms with Crippen LogP contribution in [0.4, 0.5) is 0 Å². The second kappa shape index (κ2) is 5.98. The molecule has 0 fully saturated rings. The molecular weight excluding hydrogens is 204 g/mol. The zero-order chi connectivity index (χ0) is 12.0. The molecule has 0 aliphatic carbocycles. The minimum Gasteiger partial charge on any atom is -0.497 e. The van der Waals surface area contributed by atoms with E-state index in [0.29, 0.717) is 5.75 Å². The second-order valence-electron chi connectivity index (χ2n) is 3.22. The molecule has 16 heavy (non-hydrogen) atoms. The third kappa shape index (κ3) is 3.14. The zero-order valence-corrected chi connectivity index (χ0v) is 9.30. The Balaban J connectivity index is 2.70. The first-order chi connectivity index (χ1) is 7.71. The first-order valence-corrected chi connectivity index (χ1v) is 4.95. The Labute approximate surface area is 95.6 Å². The fraction of sp³-hybridized carbons (Fsp3) is 0.231. The number of methoxy groups -OCH3 is 1. The van der Waals surface area contributed by atoms with Crippen molar-refractivity contribution in [3.05, 3.63) is 49.6 Å². The van der Waals surface area contributed by atoms with Crippen LogP contribution in [0, 0.1) is 0 Å². The lowest BCUT2D eigenvalue weighted by molar-refractivity contribution is 0.0978. The van der Waals surface area contributed by atoms with E-state index in [1.54, 1.807) is 31.4 Å². The highest BCUT2D eigenvalue weighted by atomic mass is 16.5. The normalized spacial score (nSPS) is 13.6. The number of ether oxygens (including phenoxy) is 2. The molecule has 1 aromatic carbocycles. The third-order valence-corrected chi connectivity index (χ3v) is 2.14. The van der Waals surface area contributed by atoms with Crippen LogP contribution < -0.4 is 9.47 Å². The first kappa shape index (κ1) is 12.3. The van der Waals surface area contributed by atoms with Crippen LogP contribution in [0.5, 0.6) is 11.5 Å². The van der Waals surface area contributed by atoms with Crippen LogP contribution in [0.3, 0.4) is 0 Å². The number of rotatable bonds is 6. The van der Waals surface area contributed by atoms with Crippen molar-refractivity contribution < 1.29 is 14.6 Å². The summed E-state index contributed by atoms with van der Waals surface area (Å²) in [6.45, 7) is 7.10. The highest BCUT2D eigenvalue weighted by Gasteiger charge is 2.13. The van der Waals surface area contributed by atoms with Gasteiger partial charge in [-0.15, -0.1) is 6.58 Å². The summed E-state index contributed by atoms with van der Waals surface area (Å²) in [5.41, 5.74) is 0. The maximum Gasteiger partial charge on any atom is 0.146 e. The number of benzene rings is 1. The second-order valence-corrected chi connectivity index (χ2v) is 3.22. The molecule has 0 unspecified atom stereocenters. The fourth-order valence-electron chi connectivity index (χ4n) is 1.20. The molecular formula is C13H16O3. The van der Waals surface area contributed by atoms with Crippen molar-refractivity contribution in [2.24, 2.45) is 0 Å². The van der Waals surface area contributed by atoms with Crippen molar-refractivity contribution >= 4 is 0 Å². The van der Waals surface area contributed by atoms with Crippen LogP contribution in [0.25, 0.3) is 0 Å². The highest BCUT2D eigenvalue weighted by molar-refractivity contribution is 5.31. The van der Waals surface area contributed by atoms with Gasteiger partial charge >= 0.3 is 0 Å². The average molecular weight is 220 g/mol.